The first-order valence-corrected chi connectivity index (χ1v) is 6.90. The number of aromatic nitrogens is 1. The molecule has 122 valence electrons. The molecule has 3 N–H and O–H groups in total. The Labute approximate surface area is 133 Å². The number of anilines is 2. The zero-order valence-corrected chi connectivity index (χ0v) is 13.1. The Bertz CT molecular complexity index is 712. The van der Waals surface area contributed by atoms with Gasteiger partial charge in [-0.3, -0.25) is 4.90 Å². The molecular formula is C16H18FN3O3. The van der Waals surface area contributed by atoms with Gasteiger partial charge in [0.15, 0.2) is 11.6 Å². The van der Waals surface area contributed by atoms with Crippen molar-refractivity contribution in [3.63, 3.8) is 0 Å². The maximum absolute atomic E-state index is 14.2. The maximum Gasteiger partial charge on any atom is 0.412 e. The van der Waals surface area contributed by atoms with Crippen LogP contribution in [0.2, 0.25) is 0 Å². The average molecular weight is 319 g/mol. The predicted molar refractivity (Wildman–Crippen MR) is 85.4 cm³/mol. The summed E-state index contributed by atoms with van der Waals surface area (Å²) in [6, 6.07) is 7.06. The Hall–Kier alpha value is -2.83. The highest BCUT2D eigenvalue weighted by molar-refractivity contribution is 5.87. The highest BCUT2D eigenvalue weighted by atomic mass is 19.1. The third kappa shape index (κ3) is 3.88. The molecule has 2 rings (SSSR count). The third-order valence-electron chi connectivity index (χ3n) is 3.01. The predicted octanol–water partition coefficient (Wildman–Crippen LogP) is 3.88. The zero-order valence-electron chi connectivity index (χ0n) is 13.1. The van der Waals surface area contributed by atoms with Crippen LogP contribution in [0.3, 0.4) is 0 Å². The summed E-state index contributed by atoms with van der Waals surface area (Å²) in [4.78, 5) is 16.4. The summed E-state index contributed by atoms with van der Waals surface area (Å²) in [6.07, 6.45) is 0.235. The molecule has 0 saturated carbocycles. The number of nitrogens with zero attached hydrogens (tertiary/aromatic N) is 2. The van der Waals surface area contributed by atoms with E-state index in [-0.39, 0.29) is 17.3 Å². The number of rotatable bonds is 3. The van der Waals surface area contributed by atoms with Crippen molar-refractivity contribution in [2.24, 2.45) is 0 Å². The maximum atomic E-state index is 14.2. The summed E-state index contributed by atoms with van der Waals surface area (Å²) < 4.78 is 19.6. The number of pyridine rings is 1. The Kier molecular flexibility index (Phi) is 4.40. The van der Waals surface area contributed by atoms with Crippen molar-refractivity contribution in [1.82, 2.24) is 4.98 Å². The van der Waals surface area contributed by atoms with E-state index in [2.05, 4.69) is 4.98 Å². The van der Waals surface area contributed by atoms with Gasteiger partial charge in [-0.05, 0) is 39.0 Å². The van der Waals surface area contributed by atoms with Crippen LogP contribution in [0.5, 0.6) is 11.6 Å². The molecule has 1 aromatic heterocycles. The molecule has 0 bridgehead atoms. The molecule has 23 heavy (non-hydrogen) atoms. The van der Waals surface area contributed by atoms with Gasteiger partial charge in [0.25, 0.3) is 0 Å². The van der Waals surface area contributed by atoms with Crippen molar-refractivity contribution in [3.05, 3.63) is 42.3 Å². The summed E-state index contributed by atoms with van der Waals surface area (Å²) in [7, 11) is 0. The molecule has 1 amide bonds. The highest BCUT2D eigenvalue weighted by Crippen LogP contribution is 2.30. The zero-order chi connectivity index (χ0) is 17.2. The topological polar surface area (TPSA) is 88.7 Å². The molecule has 0 aliphatic rings. The van der Waals surface area contributed by atoms with Crippen LogP contribution in [0, 0.1) is 5.82 Å². The van der Waals surface area contributed by atoms with Gasteiger partial charge in [-0.2, -0.15) is 0 Å². The van der Waals surface area contributed by atoms with Crippen LogP contribution < -0.4 is 15.4 Å². The summed E-state index contributed by atoms with van der Waals surface area (Å²) in [5.74, 6) is -0.543. The van der Waals surface area contributed by atoms with Gasteiger partial charge < -0.3 is 15.6 Å². The molecule has 7 heteroatoms. The van der Waals surface area contributed by atoms with E-state index in [0.29, 0.717) is 5.69 Å². The van der Waals surface area contributed by atoms with E-state index in [1.165, 1.54) is 24.4 Å². The van der Waals surface area contributed by atoms with Crippen LogP contribution in [-0.4, -0.2) is 21.7 Å². The molecule has 1 aromatic carbocycles. The number of hydrogen-bond acceptors (Lipinski definition) is 4. The molecule has 0 aliphatic heterocycles. The molecule has 0 aliphatic carbocycles. The van der Waals surface area contributed by atoms with Gasteiger partial charge in [-0.1, -0.05) is 0 Å². The fraction of sp³-hybridized carbons (Fsp3) is 0.250. The summed E-state index contributed by atoms with van der Waals surface area (Å²) in [6.45, 7) is 5.17. The average Bonchev–Trinajstić information content (AvgIpc) is 2.42. The molecule has 0 fully saturated rings. The lowest BCUT2D eigenvalue weighted by molar-refractivity contribution is 0.195. The van der Waals surface area contributed by atoms with E-state index in [1.54, 1.807) is 26.8 Å². The lowest BCUT2D eigenvalue weighted by Crippen LogP contribution is -2.45. The van der Waals surface area contributed by atoms with E-state index in [4.69, 9.17) is 10.5 Å². The number of hydrogen-bond donors (Lipinski definition) is 2. The molecule has 0 unspecified atom stereocenters. The minimum Gasteiger partial charge on any atom is -0.465 e. The lowest BCUT2D eigenvalue weighted by atomic mass is 10.1. The molecule has 0 radical (unpaired) electrons. The number of halogens is 1. The largest absolute Gasteiger partial charge is 0.465 e. The summed E-state index contributed by atoms with van der Waals surface area (Å²) in [5, 5.41) is 9.33. The molecule has 0 spiro atoms. The van der Waals surface area contributed by atoms with Crippen LogP contribution in [0.15, 0.2) is 36.5 Å². The van der Waals surface area contributed by atoms with Gasteiger partial charge in [0.05, 0.1) is 17.6 Å². The van der Waals surface area contributed by atoms with E-state index < -0.39 is 17.4 Å². The molecule has 6 nitrogen and oxygen atoms in total. The van der Waals surface area contributed by atoms with E-state index >= 15 is 0 Å². The first-order chi connectivity index (χ1) is 10.7. The monoisotopic (exact) mass is 319 g/mol. The van der Waals surface area contributed by atoms with Gasteiger partial charge in [0.1, 0.15) is 0 Å². The SMILES string of the molecule is CC(C)(C)N(C(=O)O)c1ccc(Oc2ccc(N)cn2)c(F)c1. The van der Waals surface area contributed by atoms with Crippen molar-refractivity contribution >= 4 is 17.5 Å². The van der Waals surface area contributed by atoms with Crippen LogP contribution in [0.1, 0.15) is 20.8 Å². The number of benzene rings is 1. The molecule has 2 aromatic rings. The van der Waals surface area contributed by atoms with Gasteiger partial charge in [0.2, 0.25) is 5.88 Å². The molecule has 0 saturated heterocycles. The van der Waals surface area contributed by atoms with Gasteiger partial charge in [-0.15, -0.1) is 0 Å². The first kappa shape index (κ1) is 16.5. The third-order valence-corrected chi connectivity index (χ3v) is 3.01. The van der Waals surface area contributed by atoms with Crippen molar-refractivity contribution in [1.29, 1.82) is 0 Å². The number of carboxylic acid groups (broad SMARTS) is 1. The van der Waals surface area contributed by atoms with Gasteiger partial charge in [0, 0.05) is 17.7 Å². The van der Waals surface area contributed by atoms with Crippen LogP contribution in [-0.2, 0) is 0 Å². The van der Waals surface area contributed by atoms with Crippen LogP contribution >= 0.6 is 0 Å². The molecule has 0 atom stereocenters. The fourth-order valence-electron chi connectivity index (χ4n) is 2.06. The van der Waals surface area contributed by atoms with Crippen molar-refractivity contribution in [2.45, 2.75) is 26.3 Å². The Balaban J connectivity index is 2.30. The van der Waals surface area contributed by atoms with Crippen LogP contribution in [0.4, 0.5) is 20.6 Å². The molecule has 1 heterocycles. The highest BCUT2D eigenvalue weighted by Gasteiger charge is 2.28. The Morgan fingerprint density at radius 3 is 2.48 bits per heavy atom. The first-order valence-electron chi connectivity index (χ1n) is 6.90. The fourth-order valence-corrected chi connectivity index (χ4v) is 2.06. The van der Waals surface area contributed by atoms with Crippen LogP contribution in [0.25, 0.3) is 0 Å². The number of nitrogens with two attached hydrogens (primary N) is 1. The number of amides is 1. The minimum atomic E-state index is -1.16. The van der Waals surface area contributed by atoms with E-state index in [9.17, 15) is 14.3 Å². The number of carbonyl (C=O) groups is 1. The van der Waals surface area contributed by atoms with Crippen molar-refractivity contribution < 1.29 is 19.0 Å². The summed E-state index contributed by atoms with van der Waals surface area (Å²) in [5.41, 5.74) is 5.50. The Morgan fingerprint density at radius 2 is 2.00 bits per heavy atom. The molecular weight excluding hydrogens is 301 g/mol. The summed E-state index contributed by atoms with van der Waals surface area (Å²) >= 11 is 0. The number of nitrogen functional groups attached to an aromatic ring is 1. The Morgan fingerprint density at radius 1 is 1.30 bits per heavy atom. The lowest BCUT2D eigenvalue weighted by Gasteiger charge is -2.33. The second kappa shape index (κ2) is 6.12. The van der Waals surface area contributed by atoms with Crippen molar-refractivity contribution in [2.75, 3.05) is 10.6 Å². The smallest absolute Gasteiger partial charge is 0.412 e. The number of ether oxygens (including phenoxy) is 1. The van der Waals surface area contributed by atoms with Gasteiger partial charge >= 0.3 is 6.09 Å². The second-order valence-corrected chi connectivity index (χ2v) is 5.94. The van der Waals surface area contributed by atoms with E-state index in [1.807, 2.05) is 0 Å². The van der Waals surface area contributed by atoms with Gasteiger partial charge in [-0.25, -0.2) is 14.2 Å². The normalized spacial score (nSPS) is 11.1. The van der Waals surface area contributed by atoms with Crippen molar-refractivity contribution in [3.8, 4) is 11.6 Å². The quantitative estimate of drug-likeness (QED) is 0.896. The standard InChI is InChI=1S/C16H18FN3O3/c1-16(2,3)20(15(21)22)11-5-6-13(12(17)8-11)23-14-7-4-10(18)9-19-14/h4-9H,18H2,1-3H3,(H,21,22). The van der Waals surface area contributed by atoms with E-state index in [0.717, 1.165) is 11.0 Å². The second-order valence-electron chi connectivity index (χ2n) is 5.94. The minimum absolute atomic E-state index is 0.0507.